The zero-order valence-electron chi connectivity index (χ0n) is 23.8. The first-order valence-electron chi connectivity index (χ1n) is 12.9. The average Bonchev–Trinajstić information content (AvgIpc) is 3.15. The number of aromatic nitrogens is 1. The summed E-state index contributed by atoms with van der Waals surface area (Å²) in [7, 11) is 0. The highest BCUT2D eigenvalue weighted by Crippen LogP contribution is 2.24. The fraction of sp³-hybridized carbons (Fsp3) is 0.500. The van der Waals surface area contributed by atoms with E-state index in [1.54, 1.807) is 44.0 Å². The third kappa shape index (κ3) is 8.78. The van der Waals surface area contributed by atoms with Crippen molar-refractivity contribution in [3.63, 3.8) is 0 Å². The van der Waals surface area contributed by atoms with E-state index in [1.165, 1.54) is 4.57 Å². The quantitative estimate of drug-likeness (QED) is 0.241. The van der Waals surface area contributed by atoms with Crippen LogP contribution in [0.1, 0.15) is 66.9 Å². The van der Waals surface area contributed by atoms with Gasteiger partial charge in [0.25, 0.3) is 0 Å². The Balaban J connectivity index is 2.38. The van der Waals surface area contributed by atoms with Crippen LogP contribution in [-0.2, 0) is 20.7 Å². The third-order valence-corrected chi connectivity index (χ3v) is 5.66. The molecule has 0 spiro atoms. The molecule has 208 valence electrons. The minimum absolute atomic E-state index is 0.180. The van der Waals surface area contributed by atoms with E-state index in [1.807, 2.05) is 52.0 Å². The van der Waals surface area contributed by atoms with Gasteiger partial charge in [0.15, 0.2) is 0 Å². The molecule has 1 heterocycles. The predicted octanol–water partition coefficient (Wildman–Crippen LogP) is 5.24. The number of para-hydroxylation sites is 1. The van der Waals surface area contributed by atoms with Gasteiger partial charge in [-0.1, -0.05) is 51.1 Å². The Hall–Kier alpha value is -3.55. The Morgan fingerprint density at radius 1 is 1.05 bits per heavy atom. The van der Waals surface area contributed by atoms with Gasteiger partial charge in [-0.15, -0.1) is 13.2 Å². The van der Waals surface area contributed by atoms with Crippen LogP contribution in [0, 0.1) is 0 Å². The topological polar surface area (TPSA) is 96.2 Å². The lowest BCUT2D eigenvalue weighted by molar-refractivity contribution is -0.261. The van der Waals surface area contributed by atoms with Crippen LogP contribution in [0.2, 0.25) is 0 Å². The first-order chi connectivity index (χ1) is 17.7. The molecule has 0 saturated carbocycles. The SMILES string of the molecule is C=CCC(N=C([O-])OC(C)(C)C)C(=O)N(CCc1cn(C(=O)OC(C)(C)C)c2ccccc12)[C@H](C)CC=C. The van der Waals surface area contributed by atoms with E-state index < -0.39 is 29.4 Å². The van der Waals surface area contributed by atoms with Crippen molar-refractivity contribution in [2.75, 3.05) is 6.54 Å². The first kappa shape index (κ1) is 30.7. The standard InChI is InChI=1S/C30H43N3O5/c1-10-14-21(3)32(26(34)24(15-11-2)31-27(35)37-29(4,5)6)19-18-22-20-33(28(36)38-30(7,8)9)25-17-13-12-16-23(22)25/h10-13,16-17,20-21,24H,1-2,14-15,18-19H2,3-9H3,(H,31,35)/p-1/t21-,24?/m1/s1. The first-order valence-corrected chi connectivity index (χ1v) is 12.9. The van der Waals surface area contributed by atoms with Gasteiger partial charge in [-0.05, 0) is 58.6 Å². The zero-order chi connectivity index (χ0) is 28.7. The minimum Gasteiger partial charge on any atom is -0.595 e. The normalized spacial score (nSPS) is 14.0. The Morgan fingerprint density at radius 3 is 2.24 bits per heavy atom. The number of carbonyl (C=O) groups is 2. The third-order valence-electron chi connectivity index (χ3n) is 5.66. The Labute approximate surface area is 226 Å². The van der Waals surface area contributed by atoms with E-state index >= 15 is 0 Å². The molecule has 1 aromatic heterocycles. The highest BCUT2D eigenvalue weighted by molar-refractivity contribution is 5.92. The highest BCUT2D eigenvalue weighted by atomic mass is 16.6. The van der Waals surface area contributed by atoms with Crippen LogP contribution in [-0.4, -0.2) is 57.4 Å². The summed E-state index contributed by atoms with van der Waals surface area (Å²) in [4.78, 5) is 32.3. The lowest BCUT2D eigenvalue weighted by Gasteiger charge is -2.33. The van der Waals surface area contributed by atoms with E-state index in [0.717, 1.165) is 16.5 Å². The van der Waals surface area contributed by atoms with E-state index in [0.29, 0.717) is 19.4 Å². The molecule has 8 nitrogen and oxygen atoms in total. The molecule has 8 heteroatoms. The summed E-state index contributed by atoms with van der Waals surface area (Å²) in [5.74, 6) is -0.291. The molecule has 0 bridgehead atoms. The number of amides is 1. The molecule has 38 heavy (non-hydrogen) atoms. The van der Waals surface area contributed by atoms with Crippen LogP contribution in [0.25, 0.3) is 10.9 Å². The summed E-state index contributed by atoms with van der Waals surface area (Å²) in [6.45, 7) is 20.5. The van der Waals surface area contributed by atoms with Crippen molar-refractivity contribution in [2.45, 2.75) is 91.0 Å². The highest BCUT2D eigenvalue weighted by Gasteiger charge is 2.27. The lowest BCUT2D eigenvalue weighted by Crippen LogP contribution is -2.45. The van der Waals surface area contributed by atoms with Crippen LogP contribution in [0.5, 0.6) is 0 Å². The second kappa shape index (κ2) is 12.8. The van der Waals surface area contributed by atoms with Gasteiger partial charge in [0.2, 0.25) is 5.91 Å². The molecule has 2 atom stereocenters. The summed E-state index contributed by atoms with van der Waals surface area (Å²) in [6.07, 6.45) is 5.10. The molecule has 1 unspecified atom stereocenters. The maximum atomic E-state index is 13.7. The van der Waals surface area contributed by atoms with Gasteiger partial charge in [-0.3, -0.25) is 14.4 Å². The number of ether oxygens (including phenoxy) is 2. The van der Waals surface area contributed by atoms with Crippen molar-refractivity contribution in [3.05, 3.63) is 61.3 Å². The summed E-state index contributed by atoms with van der Waals surface area (Å²) in [6, 6.07) is 6.47. The molecule has 0 aliphatic heterocycles. The Morgan fingerprint density at radius 2 is 1.66 bits per heavy atom. The largest absolute Gasteiger partial charge is 0.595 e. The van der Waals surface area contributed by atoms with E-state index in [4.69, 9.17) is 9.47 Å². The molecule has 1 aromatic carbocycles. The van der Waals surface area contributed by atoms with Gasteiger partial charge in [-0.25, -0.2) is 4.79 Å². The number of nitrogens with zero attached hydrogens (tertiary/aromatic N) is 3. The number of rotatable bonds is 10. The maximum absolute atomic E-state index is 13.7. The predicted molar refractivity (Wildman–Crippen MR) is 150 cm³/mol. The zero-order valence-corrected chi connectivity index (χ0v) is 23.8. The van der Waals surface area contributed by atoms with Crippen molar-refractivity contribution < 1.29 is 24.2 Å². The van der Waals surface area contributed by atoms with Crippen LogP contribution >= 0.6 is 0 Å². The molecule has 0 fully saturated rings. The number of benzene rings is 1. The van der Waals surface area contributed by atoms with Gasteiger partial charge in [0.05, 0.1) is 5.52 Å². The average molecular weight is 525 g/mol. The molecule has 0 radical (unpaired) electrons. The van der Waals surface area contributed by atoms with Crippen molar-refractivity contribution in [1.29, 1.82) is 0 Å². The number of fused-ring (bicyclic) bond motifs is 1. The van der Waals surface area contributed by atoms with Gasteiger partial charge >= 0.3 is 6.09 Å². The number of aliphatic imine (C=N–C) groups is 1. The van der Waals surface area contributed by atoms with Crippen LogP contribution in [0.15, 0.2) is 60.8 Å². The van der Waals surface area contributed by atoms with E-state index in [-0.39, 0.29) is 18.4 Å². The number of hydrogen-bond donors (Lipinski definition) is 0. The fourth-order valence-electron chi connectivity index (χ4n) is 4.04. The minimum atomic E-state index is -0.947. The van der Waals surface area contributed by atoms with E-state index in [9.17, 15) is 14.7 Å². The molecule has 1 amide bonds. The smallest absolute Gasteiger partial charge is 0.419 e. The number of carbonyl (C=O) groups excluding carboxylic acids is 2. The summed E-state index contributed by atoms with van der Waals surface area (Å²) >= 11 is 0. The van der Waals surface area contributed by atoms with Crippen LogP contribution in [0.4, 0.5) is 4.79 Å². The monoisotopic (exact) mass is 524 g/mol. The van der Waals surface area contributed by atoms with E-state index in [2.05, 4.69) is 18.2 Å². The second-order valence-electron chi connectivity index (χ2n) is 11.3. The molecule has 0 N–H and O–H groups in total. The molecular weight excluding hydrogens is 482 g/mol. The van der Waals surface area contributed by atoms with Gasteiger partial charge in [0, 0.05) is 29.8 Å². The van der Waals surface area contributed by atoms with Crippen LogP contribution in [0.3, 0.4) is 0 Å². The Kier molecular flexibility index (Phi) is 10.3. The molecule has 0 aliphatic rings. The van der Waals surface area contributed by atoms with Gasteiger partial charge in [0.1, 0.15) is 17.7 Å². The Bertz CT molecular complexity index is 1170. The summed E-state index contributed by atoms with van der Waals surface area (Å²) < 4.78 is 12.4. The molecule has 2 aromatic rings. The number of hydrogen-bond acceptors (Lipinski definition) is 6. The molecular formula is C30H42N3O5-. The van der Waals surface area contributed by atoms with Gasteiger partial charge in [-0.2, -0.15) is 0 Å². The van der Waals surface area contributed by atoms with Crippen molar-refractivity contribution in [2.24, 2.45) is 4.99 Å². The summed E-state index contributed by atoms with van der Waals surface area (Å²) in [5, 5.41) is 13.3. The van der Waals surface area contributed by atoms with Crippen LogP contribution < -0.4 is 5.11 Å². The second-order valence-corrected chi connectivity index (χ2v) is 11.3. The van der Waals surface area contributed by atoms with Crippen molar-refractivity contribution >= 4 is 29.0 Å². The van der Waals surface area contributed by atoms with Crippen molar-refractivity contribution in [1.82, 2.24) is 9.47 Å². The maximum Gasteiger partial charge on any atom is 0.419 e. The van der Waals surface area contributed by atoms with Crippen molar-refractivity contribution in [3.8, 4) is 0 Å². The molecule has 0 saturated heterocycles. The lowest BCUT2D eigenvalue weighted by atomic mass is 10.1. The van der Waals surface area contributed by atoms with Gasteiger partial charge < -0.3 is 19.5 Å². The summed E-state index contributed by atoms with van der Waals surface area (Å²) in [5.41, 5.74) is 0.280. The molecule has 0 aliphatic carbocycles. The molecule has 2 rings (SSSR count). The fourth-order valence-corrected chi connectivity index (χ4v) is 4.04.